The molecule has 1 rings (SSSR count). The molecule has 1 aromatic rings. The number of likely N-dealkylation sites (N-methyl/N-ethyl adjacent to an activating group) is 1. The van der Waals surface area contributed by atoms with E-state index in [9.17, 15) is 4.39 Å². The van der Waals surface area contributed by atoms with Crippen LogP contribution >= 0.6 is 15.9 Å². The normalized spacial score (nSPS) is 12.6. The van der Waals surface area contributed by atoms with E-state index in [4.69, 9.17) is 9.47 Å². The largest absolute Gasteiger partial charge is 0.382 e. The van der Waals surface area contributed by atoms with Gasteiger partial charge in [-0.05, 0) is 43.1 Å². The van der Waals surface area contributed by atoms with Crippen LogP contribution in [0.1, 0.15) is 18.9 Å². The van der Waals surface area contributed by atoms with E-state index < -0.39 is 0 Å². The van der Waals surface area contributed by atoms with Gasteiger partial charge in [0, 0.05) is 24.2 Å². The van der Waals surface area contributed by atoms with Gasteiger partial charge in [-0.2, -0.15) is 0 Å². The molecule has 0 aromatic heterocycles. The third-order valence-electron chi connectivity index (χ3n) is 3.01. The number of ether oxygens (including phenoxy) is 2. The molecule has 0 saturated carbocycles. The molecule has 1 atom stereocenters. The first-order valence-electron chi connectivity index (χ1n) is 6.91. The second kappa shape index (κ2) is 10.3. The van der Waals surface area contributed by atoms with Crippen LogP contribution in [0.25, 0.3) is 0 Å². The van der Waals surface area contributed by atoms with E-state index >= 15 is 0 Å². The summed E-state index contributed by atoms with van der Waals surface area (Å²) in [4.78, 5) is 0. The van der Waals surface area contributed by atoms with Crippen LogP contribution in [-0.2, 0) is 15.9 Å². The van der Waals surface area contributed by atoms with Crippen LogP contribution in [0.2, 0.25) is 0 Å². The zero-order chi connectivity index (χ0) is 14.8. The van der Waals surface area contributed by atoms with Gasteiger partial charge in [0.25, 0.3) is 0 Å². The molecule has 5 heteroatoms. The molecule has 0 fully saturated rings. The molecular formula is C15H23BrFNO2. The lowest BCUT2D eigenvalue weighted by molar-refractivity contribution is 0.0658. The molecule has 1 aromatic carbocycles. The lowest BCUT2D eigenvalue weighted by Gasteiger charge is -2.19. The maximum atomic E-state index is 13.3. The number of nitrogens with one attached hydrogen (secondary N) is 1. The predicted octanol–water partition coefficient (Wildman–Crippen LogP) is 3.16. The van der Waals surface area contributed by atoms with Crippen LogP contribution in [0.5, 0.6) is 0 Å². The van der Waals surface area contributed by atoms with Crippen molar-refractivity contribution in [3.63, 3.8) is 0 Å². The molecule has 0 radical (unpaired) electrons. The third-order valence-corrected chi connectivity index (χ3v) is 3.78. The Kier molecular flexibility index (Phi) is 9.02. The van der Waals surface area contributed by atoms with E-state index in [1.165, 1.54) is 6.07 Å². The molecule has 1 N–H and O–H groups in total. The Morgan fingerprint density at radius 2 is 2.10 bits per heavy atom. The van der Waals surface area contributed by atoms with Gasteiger partial charge in [0.1, 0.15) is 5.82 Å². The Bertz CT molecular complexity index is 390. The highest BCUT2D eigenvalue weighted by molar-refractivity contribution is 9.10. The maximum absolute atomic E-state index is 13.3. The summed E-state index contributed by atoms with van der Waals surface area (Å²) in [6.07, 6.45) is 1.67. The molecule has 0 aliphatic rings. The minimum absolute atomic E-state index is 0.199. The topological polar surface area (TPSA) is 30.5 Å². The quantitative estimate of drug-likeness (QED) is 0.659. The first kappa shape index (κ1) is 17.6. The fraction of sp³-hybridized carbons (Fsp3) is 0.600. The Hall–Kier alpha value is -0.490. The van der Waals surface area contributed by atoms with Gasteiger partial charge in [-0.3, -0.25) is 0 Å². The maximum Gasteiger partial charge on any atom is 0.123 e. The minimum atomic E-state index is -0.199. The van der Waals surface area contributed by atoms with E-state index in [-0.39, 0.29) is 11.9 Å². The summed E-state index contributed by atoms with van der Waals surface area (Å²) in [5.41, 5.74) is 0.979. The van der Waals surface area contributed by atoms with Crippen LogP contribution in [0.15, 0.2) is 22.7 Å². The first-order valence-corrected chi connectivity index (χ1v) is 7.70. The second-order valence-corrected chi connectivity index (χ2v) is 5.44. The highest BCUT2D eigenvalue weighted by Crippen LogP contribution is 2.20. The van der Waals surface area contributed by atoms with Crippen molar-refractivity contribution in [2.24, 2.45) is 0 Å². The van der Waals surface area contributed by atoms with E-state index in [1.807, 2.05) is 0 Å². The van der Waals surface area contributed by atoms with Gasteiger partial charge in [-0.25, -0.2) is 4.39 Å². The SMILES string of the molecule is CCNC(CCOCCOC)Cc1cc(F)ccc1Br. The van der Waals surface area contributed by atoms with Crippen molar-refractivity contribution in [1.82, 2.24) is 5.32 Å². The van der Waals surface area contributed by atoms with Crippen molar-refractivity contribution in [3.8, 4) is 0 Å². The Morgan fingerprint density at radius 1 is 1.30 bits per heavy atom. The van der Waals surface area contributed by atoms with Gasteiger partial charge in [0.2, 0.25) is 0 Å². The fourth-order valence-corrected chi connectivity index (χ4v) is 2.41. The summed E-state index contributed by atoms with van der Waals surface area (Å²) in [6.45, 7) is 4.85. The summed E-state index contributed by atoms with van der Waals surface area (Å²) < 4.78 is 24.7. The molecule has 1 unspecified atom stereocenters. The van der Waals surface area contributed by atoms with Gasteiger partial charge < -0.3 is 14.8 Å². The molecule has 20 heavy (non-hydrogen) atoms. The lowest BCUT2D eigenvalue weighted by atomic mass is 10.0. The molecule has 0 amide bonds. The number of hydrogen-bond acceptors (Lipinski definition) is 3. The van der Waals surface area contributed by atoms with Crippen LogP contribution in [0.4, 0.5) is 4.39 Å². The molecule has 114 valence electrons. The van der Waals surface area contributed by atoms with Crippen molar-refractivity contribution >= 4 is 15.9 Å². The standard InChI is InChI=1S/C15H23BrFNO2/c1-3-18-14(6-7-20-9-8-19-2)11-12-10-13(17)4-5-15(12)16/h4-5,10,14,18H,3,6-9,11H2,1-2H3. The number of methoxy groups -OCH3 is 1. The number of rotatable bonds is 10. The predicted molar refractivity (Wildman–Crippen MR) is 82.6 cm³/mol. The van der Waals surface area contributed by atoms with Crippen molar-refractivity contribution in [1.29, 1.82) is 0 Å². The summed E-state index contributed by atoms with van der Waals surface area (Å²) in [7, 11) is 1.66. The average molecular weight is 348 g/mol. The van der Waals surface area contributed by atoms with Gasteiger partial charge in [-0.1, -0.05) is 22.9 Å². The van der Waals surface area contributed by atoms with Crippen molar-refractivity contribution in [2.45, 2.75) is 25.8 Å². The third kappa shape index (κ3) is 6.79. The van der Waals surface area contributed by atoms with Crippen LogP contribution in [0, 0.1) is 5.82 Å². The van der Waals surface area contributed by atoms with Crippen molar-refractivity contribution in [2.75, 3.05) is 33.5 Å². The van der Waals surface area contributed by atoms with E-state index in [2.05, 4.69) is 28.2 Å². The monoisotopic (exact) mass is 347 g/mol. The molecular weight excluding hydrogens is 325 g/mol. The second-order valence-electron chi connectivity index (χ2n) is 4.59. The lowest BCUT2D eigenvalue weighted by Crippen LogP contribution is -2.32. The summed E-state index contributed by atoms with van der Waals surface area (Å²) in [5.74, 6) is -0.199. The highest BCUT2D eigenvalue weighted by atomic mass is 79.9. The Labute approximate surface area is 129 Å². The van der Waals surface area contributed by atoms with E-state index in [0.29, 0.717) is 19.8 Å². The van der Waals surface area contributed by atoms with Gasteiger partial charge in [-0.15, -0.1) is 0 Å². The summed E-state index contributed by atoms with van der Waals surface area (Å²) in [6, 6.07) is 5.08. The molecule has 0 bridgehead atoms. The fourth-order valence-electron chi connectivity index (χ4n) is 2.00. The van der Waals surface area contributed by atoms with E-state index in [1.54, 1.807) is 19.2 Å². The zero-order valence-corrected chi connectivity index (χ0v) is 13.7. The Balaban J connectivity index is 2.47. The van der Waals surface area contributed by atoms with Gasteiger partial charge in [0.15, 0.2) is 0 Å². The van der Waals surface area contributed by atoms with Gasteiger partial charge >= 0.3 is 0 Å². The smallest absolute Gasteiger partial charge is 0.123 e. The number of benzene rings is 1. The van der Waals surface area contributed by atoms with Crippen LogP contribution in [-0.4, -0.2) is 39.5 Å². The molecule has 0 spiro atoms. The Morgan fingerprint density at radius 3 is 2.80 bits per heavy atom. The minimum Gasteiger partial charge on any atom is -0.382 e. The van der Waals surface area contributed by atoms with Crippen molar-refractivity contribution in [3.05, 3.63) is 34.1 Å². The number of hydrogen-bond donors (Lipinski definition) is 1. The molecule has 3 nitrogen and oxygen atoms in total. The van der Waals surface area contributed by atoms with Crippen LogP contribution in [0.3, 0.4) is 0 Å². The molecule has 0 heterocycles. The van der Waals surface area contributed by atoms with Gasteiger partial charge in [0.05, 0.1) is 13.2 Å². The summed E-state index contributed by atoms with van der Waals surface area (Å²) in [5, 5.41) is 3.41. The molecule has 0 saturated heterocycles. The van der Waals surface area contributed by atoms with Crippen LogP contribution < -0.4 is 5.32 Å². The molecule has 0 aliphatic carbocycles. The summed E-state index contributed by atoms with van der Waals surface area (Å²) >= 11 is 3.47. The average Bonchev–Trinajstić information content (AvgIpc) is 2.42. The van der Waals surface area contributed by atoms with E-state index in [0.717, 1.165) is 29.4 Å². The molecule has 0 aliphatic heterocycles. The number of halogens is 2. The van der Waals surface area contributed by atoms with Crippen molar-refractivity contribution < 1.29 is 13.9 Å². The first-order chi connectivity index (χ1) is 9.67. The highest BCUT2D eigenvalue weighted by Gasteiger charge is 2.11. The zero-order valence-electron chi connectivity index (χ0n) is 12.1.